The number of rotatable bonds is 7. The van der Waals surface area contributed by atoms with Gasteiger partial charge in [0, 0.05) is 13.0 Å². The molecule has 0 bridgehead atoms. The smallest absolute Gasteiger partial charge is 0.220 e. The number of aliphatic hydroxyl groups is 1. The van der Waals surface area contributed by atoms with Crippen LogP contribution in [0, 0.1) is 5.92 Å². The summed E-state index contributed by atoms with van der Waals surface area (Å²) in [7, 11) is 0. The molecule has 0 heterocycles. The molecule has 3 heteroatoms. The standard InChI is InChI=1S/C15H23NO2/c1-3-12(2)14(17)11-16-15(18)10-9-13-7-5-4-6-8-13/h4-8,12,14,17H,3,9-11H2,1-2H3,(H,16,18). The summed E-state index contributed by atoms with van der Waals surface area (Å²) in [4.78, 5) is 11.6. The number of amides is 1. The zero-order valence-electron chi connectivity index (χ0n) is 11.2. The van der Waals surface area contributed by atoms with Gasteiger partial charge in [-0.3, -0.25) is 4.79 Å². The summed E-state index contributed by atoms with van der Waals surface area (Å²) in [5, 5.41) is 12.5. The van der Waals surface area contributed by atoms with Gasteiger partial charge in [-0.2, -0.15) is 0 Å². The Kier molecular flexibility index (Phi) is 6.44. The van der Waals surface area contributed by atoms with Crippen LogP contribution in [0.4, 0.5) is 0 Å². The summed E-state index contributed by atoms with van der Waals surface area (Å²) in [5.41, 5.74) is 1.16. The third-order valence-corrected chi connectivity index (χ3v) is 3.29. The van der Waals surface area contributed by atoms with Crippen molar-refractivity contribution in [2.45, 2.75) is 39.2 Å². The van der Waals surface area contributed by atoms with Gasteiger partial charge >= 0.3 is 0 Å². The molecule has 0 spiro atoms. The van der Waals surface area contributed by atoms with Crippen LogP contribution in [0.5, 0.6) is 0 Å². The van der Waals surface area contributed by atoms with Crippen molar-refractivity contribution in [1.29, 1.82) is 0 Å². The summed E-state index contributed by atoms with van der Waals surface area (Å²) in [6.45, 7) is 4.37. The minimum absolute atomic E-state index is 0.00112. The number of aryl methyl sites for hydroxylation is 1. The van der Waals surface area contributed by atoms with Gasteiger partial charge in [-0.15, -0.1) is 0 Å². The Bertz CT molecular complexity index is 351. The summed E-state index contributed by atoms with van der Waals surface area (Å²) in [6, 6.07) is 9.94. The van der Waals surface area contributed by atoms with E-state index in [9.17, 15) is 9.90 Å². The second kappa shape index (κ2) is 7.88. The first-order valence-electron chi connectivity index (χ1n) is 6.62. The molecule has 1 aromatic rings. The van der Waals surface area contributed by atoms with Crippen LogP contribution in [-0.4, -0.2) is 23.7 Å². The van der Waals surface area contributed by atoms with Gasteiger partial charge in [-0.25, -0.2) is 0 Å². The predicted molar refractivity (Wildman–Crippen MR) is 73.2 cm³/mol. The Balaban J connectivity index is 2.22. The number of carbonyl (C=O) groups is 1. The van der Waals surface area contributed by atoms with E-state index in [0.29, 0.717) is 13.0 Å². The molecule has 0 aromatic heterocycles. The molecule has 2 atom stereocenters. The molecule has 0 saturated heterocycles. The van der Waals surface area contributed by atoms with Gasteiger partial charge in [-0.05, 0) is 17.9 Å². The van der Waals surface area contributed by atoms with Crippen LogP contribution in [-0.2, 0) is 11.2 Å². The van der Waals surface area contributed by atoms with Crippen LogP contribution >= 0.6 is 0 Å². The van der Waals surface area contributed by atoms with Crippen molar-refractivity contribution < 1.29 is 9.90 Å². The van der Waals surface area contributed by atoms with E-state index in [0.717, 1.165) is 18.4 Å². The summed E-state index contributed by atoms with van der Waals surface area (Å²) < 4.78 is 0. The van der Waals surface area contributed by atoms with Crippen molar-refractivity contribution in [3.63, 3.8) is 0 Å². The third-order valence-electron chi connectivity index (χ3n) is 3.29. The summed E-state index contributed by atoms with van der Waals surface area (Å²) in [5.74, 6) is 0.223. The molecule has 1 rings (SSSR count). The van der Waals surface area contributed by atoms with Gasteiger partial charge in [0.05, 0.1) is 6.10 Å². The van der Waals surface area contributed by atoms with Gasteiger partial charge in [0.15, 0.2) is 0 Å². The average Bonchev–Trinajstić information content (AvgIpc) is 2.42. The number of hydrogen-bond acceptors (Lipinski definition) is 2. The number of carbonyl (C=O) groups excluding carboxylic acids is 1. The van der Waals surface area contributed by atoms with Crippen molar-refractivity contribution in [3.8, 4) is 0 Å². The largest absolute Gasteiger partial charge is 0.391 e. The molecular weight excluding hydrogens is 226 g/mol. The van der Waals surface area contributed by atoms with E-state index in [-0.39, 0.29) is 11.8 Å². The van der Waals surface area contributed by atoms with Gasteiger partial charge in [0.1, 0.15) is 0 Å². The Hall–Kier alpha value is -1.35. The Labute approximate surface area is 109 Å². The molecule has 100 valence electrons. The van der Waals surface area contributed by atoms with Crippen LogP contribution in [0.2, 0.25) is 0 Å². The van der Waals surface area contributed by atoms with E-state index < -0.39 is 6.10 Å². The topological polar surface area (TPSA) is 49.3 Å². The maximum Gasteiger partial charge on any atom is 0.220 e. The van der Waals surface area contributed by atoms with Crippen molar-refractivity contribution >= 4 is 5.91 Å². The Morgan fingerprint density at radius 2 is 2.00 bits per heavy atom. The number of nitrogens with one attached hydrogen (secondary N) is 1. The second-order valence-electron chi connectivity index (χ2n) is 4.74. The maximum absolute atomic E-state index is 11.6. The molecule has 2 unspecified atom stereocenters. The molecule has 0 saturated carbocycles. The van der Waals surface area contributed by atoms with Crippen LogP contribution in [0.3, 0.4) is 0 Å². The second-order valence-corrected chi connectivity index (χ2v) is 4.74. The quantitative estimate of drug-likeness (QED) is 0.778. The highest BCUT2D eigenvalue weighted by Gasteiger charge is 2.13. The van der Waals surface area contributed by atoms with Crippen LogP contribution in [0.25, 0.3) is 0 Å². The third kappa shape index (κ3) is 5.32. The molecule has 2 N–H and O–H groups in total. The Morgan fingerprint density at radius 1 is 1.33 bits per heavy atom. The number of aliphatic hydroxyl groups excluding tert-OH is 1. The fraction of sp³-hybridized carbons (Fsp3) is 0.533. The molecule has 18 heavy (non-hydrogen) atoms. The fourth-order valence-electron chi connectivity index (χ4n) is 1.68. The highest BCUT2D eigenvalue weighted by atomic mass is 16.3. The van der Waals surface area contributed by atoms with Gasteiger partial charge in [0.25, 0.3) is 0 Å². The lowest BCUT2D eigenvalue weighted by Gasteiger charge is -2.17. The molecule has 1 aromatic carbocycles. The van der Waals surface area contributed by atoms with Crippen molar-refractivity contribution in [3.05, 3.63) is 35.9 Å². The van der Waals surface area contributed by atoms with Crippen molar-refractivity contribution in [2.75, 3.05) is 6.54 Å². The van der Waals surface area contributed by atoms with E-state index in [2.05, 4.69) is 5.32 Å². The molecule has 0 aliphatic carbocycles. The zero-order valence-corrected chi connectivity index (χ0v) is 11.2. The lowest BCUT2D eigenvalue weighted by atomic mass is 10.0. The first kappa shape index (κ1) is 14.7. The minimum Gasteiger partial charge on any atom is -0.391 e. The lowest BCUT2D eigenvalue weighted by molar-refractivity contribution is -0.121. The van der Waals surface area contributed by atoms with E-state index in [1.807, 2.05) is 44.2 Å². The molecule has 3 nitrogen and oxygen atoms in total. The van der Waals surface area contributed by atoms with Gasteiger partial charge in [-0.1, -0.05) is 50.6 Å². The maximum atomic E-state index is 11.6. The van der Waals surface area contributed by atoms with Crippen molar-refractivity contribution in [1.82, 2.24) is 5.32 Å². The molecule has 0 aliphatic rings. The van der Waals surface area contributed by atoms with Gasteiger partial charge in [0.2, 0.25) is 5.91 Å². The molecule has 0 aliphatic heterocycles. The van der Waals surface area contributed by atoms with E-state index >= 15 is 0 Å². The van der Waals surface area contributed by atoms with Gasteiger partial charge < -0.3 is 10.4 Å². The molecular formula is C15H23NO2. The van der Waals surface area contributed by atoms with Crippen LogP contribution in [0.1, 0.15) is 32.3 Å². The zero-order chi connectivity index (χ0) is 13.4. The monoisotopic (exact) mass is 249 g/mol. The van der Waals surface area contributed by atoms with E-state index in [4.69, 9.17) is 0 Å². The van der Waals surface area contributed by atoms with E-state index in [1.165, 1.54) is 0 Å². The highest BCUT2D eigenvalue weighted by molar-refractivity contribution is 5.76. The Morgan fingerprint density at radius 3 is 2.61 bits per heavy atom. The number of hydrogen-bond donors (Lipinski definition) is 2. The summed E-state index contributed by atoms with van der Waals surface area (Å²) >= 11 is 0. The van der Waals surface area contributed by atoms with Crippen LogP contribution < -0.4 is 5.32 Å². The first-order valence-corrected chi connectivity index (χ1v) is 6.62. The molecule has 0 radical (unpaired) electrons. The van der Waals surface area contributed by atoms with E-state index in [1.54, 1.807) is 0 Å². The SMILES string of the molecule is CCC(C)C(O)CNC(=O)CCc1ccccc1. The minimum atomic E-state index is -0.448. The number of benzene rings is 1. The van der Waals surface area contributed by atoms with Crippen molar-refractivity contribution in [2.24, 2.45) is 5.92 Å². The lowest BCUT2D eigenvalue weighted by Crippen LogP contribution is -2.35. The average molecular weight is 249 g/mol. The highest BCUT2D eigenvalue weighted by Crippen LogP contribution is 2.06. The first-order chi connectivity index (χ1) is 8.63. The van der Waals surface area contributed by atoms with Crippen LogP contribution in [0.15, 0.2) is 30.3 Å². The molecule has 0 fully saturated rings. The predicted octanol–water partition coefficient (Wildman–Crippen LogP) is 2.14. The molecule has 1 amide bonds. The summed E-state index contributed by atoms with van der Waals surface area (Å²) in [6.07, 6.45) is 1.68. The fourth-order valence-corrected chi connectivity index (χ4v) is 1.68. The normalized spacial score (nSPS) is 13.9.